The molecule has 1 fully saturated rings. The molecule has 26 heavy (non-hydrogen) atoms. The van der Waals surface area contributed by atoms with E-state index in [1.54, 1.807) is 7.05 Å². The number of nitrogens with zero attached hydrogens (tertiary/aromatic N) is 1. The van der Waals surface area contributed by atoms with Crippen molar-refractivity contribution in [1.82, 2.24) is 10.6 Å². The summed E-state index contributed by atoms with van der Waals surface area (Å²) >= 11 is 8.01. The van der Waals surface area contributed by atoms with Gasteiger partial charge in [-0.1, -0.05) is 17.7 Å². The Morgan fingerprint density at radius 3 is 2.81 bits per heavy atom. The number of guanidine groups is 1. The van der Waals surface area contributed by atoms with Gasteiger partial charge in [0.05, 0.1) is 0 Å². The van der Waals surface area contributed by atoms with Crippen LogP contribution in [0.1, 0.15) is 31.2 Å². The van der Waals surface area contributed by atoms with Crippen LogP contribution in [0.5, 0.6) is 0 Å². The minimum absolute atomic E-state index is 0. The van der Waals surface area contributed by atoms with Crippen molar-refractivity contribution in [3.8, 4) is 0 Å². The maximum Gasteiger partial charge on any atom is 0.226 e. The Morgan fingerprint density at radius 2 is 2.15 bits per heavy atom. The van der Waals surface area contributed by atoms with Crippen molar-refractivity contribution in [3.05, 3.63) is 28.8 Å². The largest absolute Gasteiger partial charge is 0.356 e. The number of benzene rings is 1. The van der Waals surface area contributed by atoms with Crippen LogP contribution < -0.4 is 16.0 Å². The fourth-order valence-electron chi connectivity index (χ4n) is 2.92. The van der Waals surface area contributed by atoms with E-state index < -0.39 is 0 Å². The normalized spacial score (nSPS) is 19.6. The molecule has 1 amide bonds. The Morgan fingerprint density at radius 1 is 1.38 bits per heavy atom. The molecule has 2 unspecified atom stereocenters. The highest BCUT2D eigenvalue weighted by Gasteiger charge is 2.24. The van der Waals surface area contributed by atoms with E-state index in [1.807, 2.05) is 36.9 Å². The van der Waals surface area contributed by atoms with Crippen LogP contribution in [0.2, 0.25) is 5.02 Å². The summed E-state index contributed by atoms with van der Waals surface area (Å²) in [6, 6.07) is 5.97. The summed E-state index contributed by atoms with van der Waals surface area (Å²) in [7, 11) is 1.76. The summed E-state index contributed by atoms with van der Waals surface area (Å²) in [6.07, 6.45) is 6.11. The molecule has 0 aromatic heterocycles. The topological polar surface area (TPSA) is 65.5 Å². The number of anilines is 1. The van der Waals surface area contributed by atoms with E-state index >= 15 is 0 Å². The van der Waals surface area contributed by atoms with Crippen LogP contribution in [-0.2, 0) is 4.79 Å². The van der Waals surface area contributed by atoms with Gasteiger partial charge in [0.25, 0.3) is 0 Å². The third-order valence-electron chi connectivity index (χ3n) is 4.47. The van der Waals surface area contributed by atoms with Crippen LogP contribution in [0.4, 0.5) is 5.69 Å². The lowest BCUT2D eigenvalue weighted by molar-refractivity contribution is -0.116. The van der Waals surface area contributed by atoms with Gasteiger partial charge in [-0.15, -0.1) is 24.0 Å². The number of halogens is 2. The predicted octanol–water partition coefficient (Wildman–Crippen LogP) is 4.04. The molecule has 1 aromatic rings. The first-order valence-corrected chi connectivity index (χ1v) is 10.2. The third-order valence-corrected chi connectivity index (χ3v) is 5.97. The number of hydrogen-bond acceptors (Lipinski definition) is 3. The van der Waals surface area contributed by atoms with Crippen LogP contribution in [0, 0.1) is 6.92 Å². The van der Waals surface area contributed by atoms with Crippen LogP contribution in [0.25, 0.3) is 0 Å². The van der Waals surface area contributed by atoms with Gasteiger partial charge < -0.3 is 16.0 Å². The predicted molar refractivity (Wildman–Crippen MR) is 124 cm³/mol. The molecule has 2 rings (SSSR count). The SMILES string of the molecule is CN=C(NCCC(=O)Nc1cccc(Cl)c1C)NC1CCC(SC)C1.I. The fourth-order valence-corrected chi connectivity index (χ4v) is 3.89. The molecule has 1 aliphatic rings. The van der Waals surface area contributed by atoms with Gasteiger partial charge in [-0.3, -0.25) is 9.79 Å². The van der Waals surface area contributed by atoms with E-state index in [0.29, 0.717) is 24.0 Å². The molecule has 3 N–H and O–H groups in total. The molecule has 0 saturated heterocycles. The monoisotopic (exact) mass is 510 g/mol. The van der Waals surface area contributed by atoms with Crippen LogP contribution in [-0.4, -0.2) is 43.0 Å². The van der Waals surface area contributed by atoms with Crippen molar-refractivity contribution >= 4 is 64.9 Å². The molecular formula is C18H28ClIN4OS. The molecule has 0 radical (unpaired) electrons. The van der Waals surface area contributed by atoms with Crippen molar-refractivity contribution in [2.45, 2.75) is 43.9 Å². The quantitative estimate of drug-likeness (QED) is 0.307. The Labute approximate surface area is 182 Å². The molecule has 1 saturated carbocycles. The van der Waals surface area contributed by atoms with Crippen LogP contribution >= 0.6 is 47.3 Å². The van der Waals surface area contributed by atoms with Gasteiger partial charge in [-0.05, 0) is 50.1 Å². The van der Waals surface area contributed by atoms with E-state index in [0.717, 1.165) is 28.9 Å². The minimum atomic E-state index is -0.0448. The van der Waals surface area contributed by atoms with Crippen LogP contribution in [0.3, 0.4) is 0 Å². The average Bonchev–Trinajstić information content (AvgIpc) is 3.05. The van der Waals surface area contributed by atoms with Crippen molar-refractivity contribution in [3.63, 3.8) is 0 Å². The lowest BCUT2D eigenvalue weighted by Gasteiger charge is -2.17. The highest BCUT2D eigenvalue weighted by Crippen LogP contribution is 2.28. The second-order valence-electron chi connectivity index (χ2n) is 6.22. The van der Waals surface area contributed by atoms with Crippen molar-refractivity contribution in [2.75, 3.05) is 25.2 Å². The number of carbonyl (C=O) groups excluding carboxylic acids is 1. The number of rotatable bonds is 6. The molecule has 146 valence electrons. The third kappa shape index (κ3) is 7.15. The molecule has 0 aliphatic heterocycles. The number of carbonyl (C=O) groups is 1. The average molecular weight is 511 g/mol. The van der Waals surface area contributed by atoms with E-state index in [1.165, 1.54) is 12.8 Å². The van der Waals surface area contributed by atoms with Crippen molar-refractivity contribution in [2.24, 2.45) is 4.99 Å². The standard InChI is InChI=1S/C18H27ClN4OS.HI/c1-12-15(19)5-4-6-16(12)23-17(24)9-10-21-18(20-2)22-13-7-8-14(11-13)25-3;/h4-6,13-14H,7-11H2,1-3H3,(H,23,24)(H2,20,21,22);1H. The summed E-state index contributed by atoms with van der Waals surface area (Å²) in [6.45, 7) is 2.43. The Bertz CT molecular complexity index is 629. The first-order valence-electron chi connectivity index (χ1n) is 8.58. The first kappa shape index (κ1) is 23.4. The van der Waals surface area contributed by atoms with Crippen LogP contribution in [0.15, 0.2) is 23.2 Å². The minimum Gasteiger partial charge on any atom is -0.356 e. The zero-order valence-corrected chi connectivity index (χ0v) is 19.4. The maximum atomic E-state index is 12.1. The number of thioether (sulfide) groups is 1. The zero-order valence-electron chi connectivity index (χ0n) is 15.5. The van der Waals surface area contributed by atoms with E-state index in [9.17, 15) is 4.79 Å². The summed E-state index contributed by atoms with van der Waals surface area (Å²) in [5.74, 6) is 0.718. The number of amides is 1. The highest BCUT2D eigenvalue weighted by atomic mass is 127. The fraction of sp³-hybridized carbons (Fsp3) is 0.556. The number of aliphatic imine (C=N–C) groups is 1. The lowest BCUT2D eigenvalue weighted by atomic mass is 10.2. The molecule has 1 aliphatic carbocycles. The summed E-state index contributed by atoms with van der Waals surface area (Å²) in [4.78, 5) is 16.4. The Balaban J connectivity index is 0.00000338. The molecule has 0 bridgehead atoms. The molecule has 8 heteroatoms. The molecule has 2 atom stereocenters. The highest BCUT2D eigenvalue weighted by molar-refractivity contribution is 14.0. The lowest BCUT2D eigenvalue weighted by Crippen LogP contribution is -2.43. The number of nitrogens with one attached hydrogen (secondary N) is 3. The molecule has 1 aromatic carbocycles. The second-order valence-corrected chi connectivity index (χ2v) is 7.77. The summed E-state index contributed by atoms with van der Waals surface area (Å²) in [5.41, 5.74) is 1.64. The van der Waals surface area contributed by atoms with Gasteiger partial charge in [0, 0.05) is 42.0 Å². The van der Waals surface area contributed by atoms with Gasteiger partial charge in [0.15, 0.2) is 5.96 Å². The summed E-state index contributed by atoms with van der Waals surface area (Å²) in [5, 5.41) is 11.0. The van der Waals surface area contributed by atoms with Crippen molar-refractivity contribution < 1.29 is 4.79 Å². The molecule has 0 spiro atoms. The van der Waals surface area contributed by atoms with Gasteiger partial charge in [-0.2, -0.15) is 11.8 Å². The van der Waals surface area contributed by atoms with Gasteiger partial charge in [-0.25, -0.2) is 0 Å². The van der Waals surface area contributed by atoms with E-state index in [2.05, 4.69) is 27.2 Å². The second kappa shape index (κ2) is 11.9. The van der Waals surface area contributed by atoms with Gasteiger partial charge in [0.2, 0.25) is 5.91 Å². The zero-order chi connectivity index (χ0) is 18.2. The van der Waals surface area contributed by atoms with E-state index in [4.69, 9.17) is 11.6 Å². The molecule has 0 heterocycles. The summed E-state index contributed by atoms with van der Waals surface area (Å²) < 4.78 is 0. The number of hydrogen-bond donors (Lipinski definition) is 3. The molecule has 5 nitrogen and oxygen atoms in total. The van der Waals surface area contributed by atoms with Crippen molar-refractivity contribution in [1.29, 1.82) is 0 Å². The smallest absolute Gasteiger partial charge is 0.226 e. The van der Waals surface area contributed by atoms with E-state index in [-0.39, 0.29) is 29.9 Å². The maximum absolute atomic E-state index is 12.1. The van der Waals surface area contributed by atoms with Gasteiger partial charge in [0.1, 0.15) is 0 Å². The molecular weight excluding hydrogens is 483 g/mol. The Kier molecular flexibility index (Phi) is 10.7. The van der Waals surface area contributed by atoms with Gasteiger partial charge >= 0.3 is 0 Å². The Hall–Kier alpha value is -0.670. The first-order chi connectivity index (χ1) is 12.0.